The second-order valence-electron chi connectivity index (χ2n) is 5.92. The van der Waals surface area contributed by atoms with Crippen LogP contribution >= 0.6 is 0 Å². The van der Waals surface area contributed by atoms with Gasteiger partial charge in [0, 0.05) is 11.3 Å². The van der Waals surface area contributed by atoms with Gasteiger partial charge in [0.25, 0.3) is 0 Å². The molecule has 2 heterocycles. The minimum absolute atomic E-state index is 0.00493. The van der Waals surface area contributed by atoms with Crippen LogP contribution in [0.3, 0.4) is 0 Å². The van der Waals surface area contributed by atoms with E-state index in [0.29, 0.717) is 23.1 Å². The minimum atomic E-state index is -1.29. The topological polar surface area (TPSA) is 101 Å². The number of urea groups is 1. The summed E-state index contributed by atoms with van der Waals surface area (Å²) in [6, 6.07) is 10.0. The third kappa shape index (κ3) is 4.07. The number of hydrogen-bond donors (Lipinski definition) is 3. The van der Waals surface area contributed by atoms with Crippen LogP contribution in [0.4, 0.5) is 10.5 Å². The van der Waals surface area contributed by atoms with Crippen LogP contribution in [0.5, 0.6) is 0 Å². The van der Waals surface area contributed by atoms with E-state index in [2.05, 4.69) is 15.6 Å². The van der Waals surface area contributed by atoms with Crippen molar-refractivity contribution in [3.05, 3.63) is 60.4 Å². The Hall–Kier alpha value is -3.06. The number of amides is 2. The summed E-state index contributed by atoms with van der Waals surface area (Å²) in [5.41, 5.74) is 0.0511. The highest BCUT2D eigenvalue weighted by molar-refractivity contribution is 5.89. The molecular weight excluding hydrogens is 322 g/mol. The number of benzene rings is 1. The standard InChI is InChI=1S/C18H19N3O4/c1-12-10-19-16(25-12)13-5-3-6-14(9-13)21-17(22)20-11-18(2,23)15-7-4-8-24-15/h3-10,23H,11H2,1-2H3,(H2,20,21,22)/t18-/m1/s1. The molecule has 130 valence electrons. The van der Waals surface area contributed by atoms with Crippen LogP contribution in [0, 0.1) is 6.92 Å². The summed E-state index contributed by atoms with van der Waals surface area (Å²) in [7, 11) is 0. The molecule has 0 aliphatic carbocycles. The number of hydrogen-bond acceptors (Lipinski definition) is 5. The Labute approximate surface area is 144 Å². The van der Waals surface area contributed by atoms with E-state index >= 15 is 0 Å². The highest BCUT2D eigenvalue weighted by Gasteiger charge is 2.26. The van der Waals surface area contributed by atoms with Gasteiger partial charge in [-0.05, 0) is 44.2 Å². The van der Waals surface area contributed by atoms with Gasteiger partial charge in [-0.1, -0.05) is 6.07 Å². The molecule has 0 aliphatic heterocycles. The first kappa shape index (κ1) is 16.8. The van der Waals surface area contributed by atoms with E-state index in [9.17, 15) is 9.90 Å². The van der Waals surface area contributed by atoms with Crippen molar-refractivity contribution in [2.45, 2.75) is 19.4 Å². The molecule has 2 aromatic heterocycles. The highest BCUT2D eigenvalue weighted by atomic mass is 16.4. The largest absolute Gasteiger partial charge is 0.466 e. The van der Waals surface area contributed by atoms with Gasteiger partial charge in [-0.25, -0.2) is 9.78 Å². The van der Waals surface area contributed by atoms with E-state index in [0.717, 1.165) is 5.56 Å². The summed E-state index contributed by atoms with van der Waals surface area (Å²) in [6.07, 6.45) is 3.11. The molecule has 0 aliphatic rings. The average molecular weight is 341 g/mol. The van der Waals surface area contributed by atoms with E-state index in [-0.39, 0.29) is 6.54 Å². The van der Waals surface area contributed by atoms with Gasteiger partial charge in [-0.3, -0.25) is 0 Å². The van der Waals surface area contributed by atoms with Crippen molar-refractivity contribution >= 4 is 11.7 Å². The Kier molecular flexibility index (Phi) is 4.58. The zero-order chi connectivity index (χ0) is 17.9. The van der Waals surface area contributed by atoms with Crippen LogP contribution in [0.25, 0.3) is 11.5 Å². The van der Waals surface area contributed by atoms with E-state index in [4.69, 9.17) is 8.83 Å². The molecule has 7 nitrogen and oxygen atoms in total. The quantitative estimate of drug-likeness (QED) is 0.661. The number of rotatable bonds is 5. The maximum absolute atomic E-state index is 12.1. The lowest BCUT2D eigenvalue weighted by Gasteiger charge is -2.21. The maximum Gasteiger partial charge on any atom is 0.319 e. The van der Waals surface area contributed by atoms with Gasteiger partial charge in [-0.2, -0.15) is 0 Å². The highest BCUT2D eigenvalue weighted by Crippen LogP contribution is 2.22. The van der Waals surface area contributed by atoms with Crippen molar-refractivity contribution < 1.29 is 18.7 Å². The van der Waals surface area contributed by atoms with Crippen molar-refractivity contribution in [1.29, 1.82) is 0 Å². The third-order valence-electron chi connectivity index (χ3n) is 3.63. The normalized spacial score (nSPS) is 13.2. The number of aromatic nitrogens is 1. The molecule has 3 N–H and O–H groups in total. The van der Waals surface area contributed by atoms with Crippen molar-refractivity contribution in [2.24, 2.45) is 0 Å². The molecule has 3 aromatic rings. The number of oxazole rings is 1. The van der Waals surface area contributed by atoms with Gasteiger partial charge in [0.15, 0.2) is 0 Å². The van der Waals surface area contributed by atoms with Crippen LogP contribution in [0.15, 0.2) is 57.7 Å². The smallest absolute Gasteiger partial charge is 0.319 e. The van der Waals surface area contributed by atoms with Crippen LogP contribution in [0.1, 0.15) is 18.4 Å². The average Bonchev–Trinajstić information content (AvgIpc) is 3.25. The molecule has 0 saturated carbocycles. The summed E-state index contributed by atoms with van der Waals surface area (Å²) in [5, 5.41) is 15.7. The van der Waals surface area contributed by atoms with Gasteiger partial charge in [0.1, 0.15) is 17.1 Å². The SMILES string of the molecule is Cc1cnc(-c2cccc(NC(=O)NC[C@@](C)(O)c3ccco3)c2)o1. The van der Waals surface area contributed by atoms with E-state index in [1.807, 2.05) is 13.0 Å². The number of nitrogens with one attached hydrogen (secondary N) is 2. The van der Waals surface area contributed by atoms with Crippen LogP contribution in [-0.4, -0.2) is 22.7 Å². The summed E-state index contributed by atoms with van der Waals surface area (Å²) in [6.45, 7) is 3.39. The first-order valence-electron chi connectivity index (χ1n) is 7.78. The lowest BCUT2D eigenvalue weighted by Crippen LogP contribution is -2.40. The van der Waals surface area contributed by atoms with E-state index < -0.39 is 11.6 Å². The summed E-state index contributed by atoms with van der Waals surface area (Å²) >= 11 is 0. The lowest BCUT2D eigenvalue weighted by atomic mass is 10.0. The summed E-state index contributed by atoms with van der Waals surface area (Å²) in [4.78, 5) is 16.2. The van der Waals surface area contributed by atoms with Crippen molar-refractivity contribution in [2.75, 3.05) is 11.9 Å². The van der Waals surface area contributed by atoms with Gasteiger partial charge in [0.2, 0.25) is 5.89 Å². The molecule has 0 fully saturated rings. The van der Waals surface area contributed by atoms with Crippen molar-refractivity contribution in [3.8, 4) is 11.5 Å². The van der Waals surface area contributed by atoms with Crippen molar-refractivity contribution in [1.82, 2.24) is 10.3 Å². The van der Waals surface area contributed by atoms with Crippen LogP contribution in [-0.2, 0) is 5.60 Å². The summed E-state index contributed by atoms with van der Waals surface area (Å²) < 4.78 is 10.7. The minimum Gasteiger partial charge on any atom is -0.466 e. The molecule has 2 amide bonds. The molecule has 0 unspecified atom stereocenters. The molecule has 1 atom stereocenters. The first-order chi connectivity index (χ1) is 11.9. The number of carbonyl (C=O) groups excluding carboxylic acids is 1. The first-order valence-corrected chi connectivity index (χ1v) is 7.78. The van der Waals surface area contributed by atoms with E-state index in [1.165, 1.54) is 6.26 Å². The van der Waals surface area contributed by atoms with Gasteiger partial charge < -0.3 is 24.6 Å². The molecule has 0 bridgehead atoms. The zero-order valence-electron chi connectivity index (χ0n) is 13.9. The van der Waals surface area contributed by atoms with Crippen LogP contribution in [0.2, 0.25) is 0 Å². The molecule has 0 radical (unpaired) electrons. The number of aliphatic hydroxyl groups is 1. The summed E-state index contributed by atoms with van der Waals surface area (Å²) in [5.74, 6) is 1.59. The van der Waals surface area contributed by atoms with E-state index in [1.54, 1.807) is 43.5 Å². The Morgan fingerprint density at radius 2 is 2.16 bits per heavy atom. The van der Waals surface area contributed by atoms with Gasteiger partial charge >= 0.3 is 6.03 Å². The molecule has 1 aromatic carbocycles. The van der Waals surface area contributed by atoms with Gasteiger partial charge in [0.05, 0.1) is 19.0 Å². The van der Waals surface area contributed by atoms with Gasteiger partial charge in [-0.15, -0.1) is 0 Å². The monoisotopic (exact) mass is 341 g/mol. The molecular formula is C18H19N3O4. The Morgan fingerprint density at radius 3 is 2.84 bits per heavy atom. The predicted octanol–water partition coefficient (Wildman–Crippen LogP) is 3.27. The Morgan fingerprint density at radius 1 is 1.32 bits per heavy atom. The second kappa shape index (κ2) is 6.82. The fourth-order valence-corrected chi connectivity index (χ4v) is 2.32. The Bertz CT molecular complexity index is 853. The fraction of sp³-hybridized carbons (Fsp3) is 0.222. The molecule has 0 spiro atoms. The second-order valence-corrected chi connectivity index (χ2v) is 5.92. The fourth-order valence-electron chi connectivity index (χ4n) is 2.32. The Balaban J connectivity index is 1.61. The lowest BCUT2D eigenvalue weighted by molar-refractivity contribution is 0.0372. The molecule has 7 heteroatoms. The zero-order valence-corrected chi connectivity index (χ0v) is 13.9. The molecule has 0 saturated heterocycles. The third-order valence-corrected chi connectivity index (χ3v) is 3.63. The number of carbonyl (C=O) groups is 1. The molecule has 25 heavy (non-hydrogen) atoms. The number of furan rings is 1. The number of aryl methyl sites for hydroxylation is 1. The molecule has 3 rings (SSSR count). The number of anilines is 1. The van der Waals surface area contributed by atoms with Crippen LogP contribution < -0.4 is 10.6 Å². The predicted molar refractivity (Wildman–Crippen MR) is 92.0 cm³/mol. The number of nitrogens with zero attached hydrogens (tertiary/aromatic N) is 1. The van der Waals surface area contributed by atoms with Crippen molar-refractivity contribution in [3.63, 3.8) is 0 Å². The maximum atomic E-state index is 12.1.